The minimum atomic E-state index is -2.34. The van der Waals surface area contributed by atoms with Gasteiger partial charge in [0.15, 0.2) is 33.3 Å². The molecule has 3 aromatic carbocycles. The Labute approximate surface area is 572 Å². The molecule has 2 fully saturated rings. The van der Waals surface area contributed by atoms with Crippen LogP contribution in [-0.2, 0) is 61.5 Å². The molecule has 530 valence electrons. The number of aliphatic hydroxyl groups excluding tert-OH is 2. The predicted molar refractivity (Wildman–Crippen MR) is 404 cm³/mol. The second-order valence-corrected chi connectivity index (χ2v) is 55.9. The number of hydrogen-bond donors (Lipinski definition) is 5. The molecular formula is C72H131N3O12Si6. The topological polar surface area (TPSA) is 189 Å². The third kappa shape index (κ3) is 37.4. The van der Waals surface area contributed by atoms with Crippen molar-refractivity contribution in [2.75, 3.05) is 79.2 Å². The summed E-state index contributed by atoms with van der Waals surface area (Å²) < 4.78 is 60.2. The molecule has 6 N–H and O–H groups in total. The van der Waals surface area contributed by atoms with E-state index < -0.39 is 62.6 Å². The van der Waals surface area contributed by atoms with Gasteiger partial charge in [-0.2, -0.15) is 0 Å². The fraction of sp³-hybridized carbons (Fsp3) is 0.667. The van der Waals surface area contributed by atoms with E-state index in [1.807, 2.05) is 46.8 Å². The number of epoxide rings is 2. The fourth-order valence-corrected chi connectivity index (χ4v) is 39.1. The summed E-state index contributed by atoms with van der Waals surface area (Å²) in [6, 6.07) is 29.1. The summed E-state index contributed by atoms with van der Waals surface area (Å²) in [5.41, 5.74) is 15.2. The van der Waals surface area contributed by atoms with E-state index in [4.69, 9.17) is 50.6 Å². The number of aliphatic hydroxyl groups is 2. The largest absolute Gasteiger partial charge is 0.437 e. The van der Waals surface area contributed by atoms with Gasteiger partial charge >= 0.3 is 17.1 Å². The third-order valence-corrected chi connectivity index (χ3v) is 39.1. The van der Waals surface area contributed by atoms with Gasteiger partial charge in [0.2, 0.25) is 0 Å². The first kappa shape index (κ1) is 84.8. The second kappa shape index (κ2) is 38.8. The van der Waals surface area contributed by atoms with Crippen LogP contribution in [0.2, 0.25) is 103 Å². The van der Waals surface area contributed by atoms with E-state index in [1.54, 1.807) is 0 Å². The highest BCUT2D eigenvalue weighted by Gasteiger charge is 2.41. The molecule has 93 heavy (non-hydrogen) atoms. The first-order valence-electron chi connectivity index (χ1n) is 34.2. The van der Waals surface area contributed by atoms with E-state index in [9.17, 15) is 10.2 Å². The molecule has 15 nitrogen and oxygen atoms in total. The predicted octanol–water partition coefficient (Wildman–Crippen LogP) is 15.4. The van der Waals surface area contributed by atoms with E-state index in [-0.39, 0.29) is 16.6 Å². The lowest BCUT2D eigenvalue weighted by Gasteiger charge is -2.39. The standard InChI is InChI=1S/C42H74N2O6Si3.C18H40O6Si3.C12H17N/c1-33(2)35-19-15-21-37(27-35)41(5,6)43-29-39(45)31-47-23-17-25-51(9,10)49-53(13,14)50-52(11,12)26-18-24-48-32-40(46)30-44-42(7,8)38-22-16-20-36(28-38)34(3)4;1-25(2,11-7-9-19-13-17-15-21-17)23-27(5,6)24-26(3,4)12-8-10-20-14-18-16-22-18;1-9(2)10-6-5-7-11(8-10)12(3,4)13/h15-16,19-22,27-28,39-40,43-46H,1,3,17-18,23-26,29-32H2,2,4-14H3;17-18H,7-16H2,1-6H3;5-8H,1,13H2,2-4H3. The molecule has 4 unspecified atom stereocenters. The summed E-state index contributed by atoms with van der Waals surface area (Å²) in [4.78, 5) is 0. The minimum absolute atomic E-state index is 0.272. The highest BCUT2D eigenvalue weighted by atomic mass is 28.5. The van der Waals surface area contributed by atoms with Crippen molar-refractivity contribution < 1.29 is 55.1 Å². The number of nitrogens with two attached hydrogens (primary N) is 1. The lowest BCUT2D eigenvalue weighted by molar-refractivity contribution is 0.0335. The second-order valence-electron chi connectivity index (χ2n) is 31.0. The Kier molecular flexibility index (Phi) is 35.4. The van der Waals surface area contributed by atoms with Gasteiger partial charge in [-0.15, -0.1) is 0 Å². The molecule has 0 bridgehead atoms. The van der Waals surface area contributed by atoms with Gasteiger partial charge in [0.25, 0.3) is 0 Å². The van der Waals surface area contributed by atoms with Crippen LogP contribution in [0, 0.1) is 0 Å². The SMILES string of the molecule is C=C(C)c1cccc(C(C)(C)N)c1.C=C(C)c1cccc(C(C)(C)NCC(O)COCCC[Si](C)(C)O[Si](C)(C)O[Si](C)(C)CCCOCC(O)CNC(C)(C)c2cccc(C(=C)C)c2)c1.C[Si](C)(CCCOCC1CO1)O[Si](C)(C)O[Si](C)(C)CCCOCC1CO1. The summed E-state index contributed by atoms with van der Waals surface area (Å²) >= 11 is 0. The zero-order valence-corrected chi connectivity index (χ0v) is 68.1. The van der Waals surface area contributed by atoms with Crippen molar-refractivity contribution >= 4 is 67.1 Å². The molecule has 0 amide bonds. The smallest absolute Gasteiger partial charge is 0.311 e. The Hall–Kier alpha value is -2.42. The molecule has 4 atom stereocenters. The van der Waals surface area contributed by atoms with Gasteiger partial charge in [0.1, 0.15) is 12.2 Å². The zero-order chi connectivity index (χ0) is 70.1. The fourth-order valence-electron chi connectivity index (χ4n) is 11.1. The van der Waals surface area contributed by atoms with Crippen LogP contribution in [0.15, 0.2) is 92.5 Å². The molecule has 21 heteroatoms. The Balaban J connectivity index is 0.000000460. The molecule has 0 aromatic heterocycles. The van der Waals surface area contributed by atoms with Crippen LogP contribution in [0.1, 0.15) is 121 Å². The number of benzene rings is 3. The molecule has 0 spiro atoms. The third-order valence-electron chi connectivity index (χ3n) is 16.2. The van der Waals surface area contributed by atoms with Gasteiger partial charge in [0, 0.05) is 56.1 Å². The van der Waals surface area contributed by atoms with Crippen molar-refractivity contribution in [3.8, 4) is 0 Å². The van der Waals surface area contributed by atoms with Crippen molar-refractivity contribution in [2.45, 2.75) is 232 Å². The Bertz CT molecular complexity index is 2570. The molecule has 5 rings (SSSR count). The van der Waals surface area contributed by atoms with Crippen molar-refractivity contribution in [2.24, 2.45) is 5.73 Å². The van der Waals surface area contributed by atoms with Crippen molar-refractivity contribution in [3.05, 3.63) is 126 Å². The van der Waals surface area contributed by atoms with Gasteiger partial charge in [0.05, 0.1) is 51.8 Å². The van der Waals surface area contributed by atoms with E-state index >= 15 is 0 Å². The van der Waals surface area contributed by atoms with Crippen molar-refractivity contribution in [3.63, 3.8) is 0 Å². The van der Waals surface area contributed by atoms with E-state index in [1.165, 1.54) is 0 Å². The Morgan fingerprint density at radius 2 is 0.753 bits per heavy atom. The Morgan fingerprint density at radius 3 is 1.02 bits per heavy atom. The van der Waals surface area contributed by atoms with Crippen molar-refractivity contribution in [1.29, 1.82) is 0 Å². The quantitative estimate of drug-likeness (QED) is 0.0204. The van der Waals surface area contributed by atoms with E-state index in [0.29, 0.717) is 51.7 Å². The zero-order valence-electron chi connectivity index (χ0n) is 62.1. The van der Waals surface area contributed by atoms with Gasteiger partial charge in [-0.1, -0.05) is 91.1 Å². The molecule has 0 saturated carbocycles. The highest BCUT2D eigenvalue weighted by molar-refractivity contribution is 6.88. The molecule has 0 aliphatic carbocycles. The van der Waals surface area contributed by atoms with Gasteiger partial charge < -0.3 is 71.5 Å². The molecular weight excluding hydrogens is 1270 g/mol. The van der Waals surface area contributed by atoms with Crippen LogP contribution in [-0.4, -0.2) is 164 Å². The molecule has 2 aliphatic rings. The maximum atomic E-state index is 10.6. The Morgan fingerprint density at radius 1 is 0.484 bits per heavy atom. The molecule has 3 aromatic rings. The molecule has 2 heterocycles. The van der Waals surface area contributed by atoms with E-state index in [0.717, 1.165) is 140 Å². The lowest BCUT2D eigenvalue weighted by Crippen LogP contribution is -2.52. The van der Waals surface area contributed by atoms with Crippen LogP contribution in [0.3, 0.4) is 0 Å². The van der Waals surface area contributed by atoms with Gasteiger partial charge in [-0.25, -0.2) is 0 Å². The summed E-state index contributed by atoms with van der Waals surface area (Å²) in [6.45, 7) is 65.0. The van der Waals surface area contributed by atoms with Crippen LogP contribution >= 0.6 is 0 Å². The van der Waals surface area contributed by atoms with Crippen LogP contribution < -0.4 is 16.4 Å². The summed E-state index contributed by atoms with van der Waals surface area (Å²) in [6.07, 6.45) is 3.42. The summed E-state index contributed by atoms with van der Waals surface area (Å²) in [5, 5.41) is 28.2. The number of ether oxygens (including phenoxy) is 6. The number of hydrogen-bond acceptors (Lipinski definition) is 15. The summed E-state index contributed by atoms with van der Waals surface area (Å²) in [5.74, 6) is 0. The normalized spacial score (nSPS) is 16.4. The average molecular weight is 1400 g/mol. The maximum Gasteiger partial charge on any atom is 0.311 e. The molecule has 2 saturated heterocycles. The first-order chi connectivity index (χ1) is 42.9. The minimum Gasteiger partial charge on any atom is -0.437 e. The van der Waals surface area contributed by atoms with E-state index in [2.05, 4.69) is 197 Å². The molecule has 2 aliphatic heterocycles. The monoisotopic (exact) mass is 1400 g/mol. The van der Waals surface area contributed by atoms with Gasteiger partial charge in [-0.05, 0) is 242 Å². The summed E-state index contributed by atoms with van der Waals surface area (Å²) in [7, 11) is -11.9. The molecule has 0 radical (unpaired) electrons. The first-order valence-corrected chi connectivity index (χ1v) is 52.3. The van der Waals surface area contributed by atoms with Crippen LogP contribution in [0.5, 0.6) is 0 Å². The number of rotatable bonds is 44. The van der Waals surface area contributed by atoms with Crippen LogP contribution in [0.4, 0.5) is 0 Å². The van der Waals surface area contributed by atoms with Crippen LogP contribution in [0.25, 0.3) is 16.7 Å². The van der Waals surface area contributed by atoms with Gasteiger partial charge in [-0.3, -0.25) is 0 Å². The lowest BCUT2D eigenvalue weighted by atomic mass is 9.91. The average Bonchev–Trinajstić information content (AvgIpc) is 1.92. The maximum absolute atomic E-state index is 10.6. The van der Waals surface area contributed by atoms with Crippen molar-refractivity contribution in [1.82, 2.24) is 10.6 Å². The number of nitrogens with one attached hydrogen (secondary N) is 2. The highest BCUT2D eigenvalue weighted by Crippen LogP contribution is 2.30. The number of allylic oxidation sites excluding steroid dienone is 3.